The van der Waals surface area contributed by atoms with Crippen LogP contribution in [0.1, 0.15) is 45.4 Å². The van der Waals surface area contributed by atoms with Crippen LogP contribution in [0.5, 0.6) is 0 Å². The fourth-order valence-corrected chi connectivity index (χ4v) is 4.53. The Morgan fingerprint density at radius 3 is 2.63 bits per heavy atom. The van der Waals surface area contributed by atoms with E-state index in [0.717, 1.165) is 25.5 Å². The van der Waals surface area contributed by atoms with Gasteiger partial charge in [0.05, 0.1) is 13.2 Å². The van der Waals surface area contributed by atoms with Crippen molar-refractivity contribution in [1.29, 1.82) is 0 Å². The molecule has 8 heteroatoms. The topological polar surface area (TPSA) is 74.3 Å². The number of aryl methyl sites for hydroxylation is 2. The quantitative estimate of drug-likeness (QED) is 0.740. The van der Waals surface area contributed by atoms with E-state index >= 15 is 0 Å². The Morgan fingerprint density at radius 2 is 1.89 bits per heavy atom. The highest BCUT2D eigenvalue weighted by Gasteiger charge is 2.30. The van der Waals surface area contributed by atoms with Crippen molar-refractivity contribution in [2.75, 3.05) is 24.7 Å². The molecule has 4 rings (SSSR count). The summed E-state index contributed by atoms with van der Waals surface area (Å²) in [7, 11) is 1.70. The molecular weight excluding hydrogens is 346 g/mol. The summed E-state index contributed by atoms with van der Waals surface area (Å²) in [6.45, 7) is 4.83. The predicted octanol–water partition coefficient (Wildman–Crippen LogP) is 1.48. The van der Waals surface area contributed by atoms with Crippen LogP contribution in [0.15, 0.2) is 9.59 Å². The van der Waals surface area contributed by atoms with E-state index in [2.05, 4.69) is 4.90 Å². The highest BCUT2D eigenvalue weighted by atomic mass is 16.5. The van der Waals surface area contributed by atoms with Crippen molar-refractivity contribution in [2.45, 2.75) is 64.6 Å². The molecule has 3 heterocycles. The zero-order valence-corrected chi connectivity index (χ0v) is 16.3. The summed E-state index contributed by atoms with van der Waals surface area (Å²) >= 11 is 0. The minimum atomic E-state index is -0.327. The molecule has 1 saturated carbocycles. The zero-order valence-electron chi connectivity index (χ0n) is 16.3. The Bertz CT molecular complexity index is 935. The Hall–Kier alpha value is -2.09. The van der Waals surface area contributed by atoms with Gasteiger partial charge < -0.3 is 14.2 Å². The van der Waals surface area contributed by atoms with E-state index < -0.39 is 0 Å². The van der Waals surface area contributed by atoms with Gasteiger partial charge in [-0.3, -0.25) is 13.9 Å². The van der Waals surface area contributed by atoms with Crippen molar-refractivity contribution in [2.24, 2.45) is 7.05 Å². The fraction of sp³-hybridized carbons (Fsp3) is 0.737. The standard InChI is InChI=1S/C19H29N5O3/c1-3-27-13-12-24-17(25)15-16(21(2)19(24)26)20-18-22(10-7-11-23(15)18)14-8-5-4-6-9-14/h14H,3-13H2,1-2H3. The van der Waals surface area contributed by atoms with E-state index in [4.69, 9.17) is 9.72 Å². The molecule has 27 heavy (non-hydrogen) atoms. The summed E-state index contributed by atoms with van der Waals surface area (Å²) in [5.41, 5.74) is 0.461. The minimum absolute atomic E-state index is 0.253. The van der Waals surface area contributed by atoms with E-state index in [1.807, 2.05) is 11.5 Å². The molecule has 2 aliphatic rings. The third-order valence-electron chi connectivity index (χ3n) is 5.93. The lowest BCUT2D eigenvalue weighted by molar-refractivity contribution is 0.137. The molecule has 0 saturated heterocycles. The molecule has 2 aromatic rings. The van der Waals surface area contributed by atoms with Crippen molar-refractivity contribution < 1.29 is 4.74 Å². The first-order chi connectivity index (χ1) is 13.1. The summed E-state index contributed by atoms with van der Waals surface area (Å²) < 4.78 is 10.2. The second-order valence-corrected chi connectivity index (χ2v) is 7.57. The summed E-state index contributed by atoms with van der Waals surface area (Å²) in [4.78, 5) is 33.0. The summed E-state index contributed by atoms with van der Waals surface area (Å²) in [6, 6.07) is 0.492. The van der Waals surface area contributed by atoms with Gasteiger partial charge in [-0.05, 0) is 26.2 Å². The average molecular weight is 375 g/mol. The van der Waals surface area contributed by atoms with Crippen molar-refractivity contribution in [3.05, 3.63) is 20.8 Å². The first-order valence-electron chi connectivity index (χ1n) is 10.2. The second-order valence-electron chi connectivity index (χ2n) is 7.57. The molecule has 0 atom stereocenters. The number of rotatable bonds is 5. The Morgan fingerprint density at radius 1 is 1.11 bits per heavy atom. The number of aromatic nitrogens is 4. The lowest BCUT2D eigenvalue weighted by Gasteiger charge is -2.37. The SMILES string of the molecule is CCOCCn1c(=O)c2c(nc3n2CCCN3C2CCCCC2)n(C)c1=O. The van der Waals surface area contributed by atoms with Crippen LogP contribution < -0.4 is 16.1 Å². The number of ether oxygens (including phenoxy) is 1. The lowest BCUT2D eigenvalue weighted by atomic mass is 9.94. The molecule has 1 aliphatic carbocycles. The maximum Gasteiger partial charge on any atom is 0.332 e. The molecule has 8 nitrogen and oxygen atoms in total. The van der Waals surface area contributed by atoms with Crippen molar-refractivity contribution in [1.82, 2.24) is 18.7 Å². The first-order valence-corrected chi connectivity index (χ1v) is 10.2. The number of nitrogens with zero attached hydrogens (tertiary/aromatic N) is 5. The van der Waals surface area contributed by atoms with Crippen LogP contribution in [0.3, 0.4) is 0 Å². The van der Waals surface area contributed by atoms with Gasteiger partial charge in [0.2, 0.25) is 5.95 Å². The highest BCUT2D eigenvalue weighted by molar-refractivity contribution is 5.75. The molecule has 1 aliphatic heterocycles. The van der Waals surface area contributed by atoms with E-state index in [-0.39, 0.29) is 17.8 Å². The summed E-state index contributed by atoms with van der Waals surface area (Å²) in [6.07, 6.45) is 7.17. The van der Waals surface area contributed by atoms with Crippen molar-refractivity contribution >= 4 is 17.1 Å². The number of anilines is 1. The van der Waals surface area contributed by atoms with Crippen LogP contribution >= 0.6 is 0 Å². The van der Waals surface area contributed by atoms with Gasteiger partial charge in [-0.15, -0.1) is 0 Å². The van der Waals surface area contributed by atoms with E-state index in [9.17, 15) is 9.59 Å². The summed E-state index contributed by atoms with van der Waals surface area (Å²) in [5, 5.41) is 0. The van der Waals surface area contributed by atoms with Crippen LogP contribution in [0, 0.1) is 0 Å². The van der Waals surface area contributed by atoms with Crippen LogP contribution in [-0.4, -0.2) is 44.5 Å². The molecule has 148 valence electrons. The van der Waals surface area contributed by atoms with Gasteiger partial charge in [0.1, 0.15) is 0 Å². The number of imidazole rings is 1. The lowest BCUT2D eigenvalue weighted by Crippen LogP contribution is -2.43. The molecule has 0 amide bonds. The molecule has 0 unspecified atom stereocenters. The number of fused-ring (bicyclic) bond motifs is 3. The maximum atomic E-state index is 13.1. The van der Waals surface area contributed by atoms with Crippen LogP contribution in [-0.2, 0) is 24.9 Å². The zero-order chi connectivity index (χ0) is 19.0. The molecule has 2 aromatic heterocycles. The second kappa shape index (κ2) is 7.50. The van der Waals surface area contributed by atoms with E-state index in [1.54, 1.807) is 7.05 Å². The van der Waals surface area contributed by atoms with Crippen LogP contribution in [0.4, 0.5) is 5.95 Å². The van der Waals surface area contributed by atoms with E-state index in [0.29, 0.717) is 30.4 Å². The molecule has 0 radical (unpaired) electrons. The normalized spacial score (nSPS) is 18.2. The maximum absolute atomic E-state index is 13.1. The smallest absolute Gasteiger partial charge is 0.332 e. The third-order valence-corrected chi connectivity index (χ3v) is 5.93. The Labute approximate surface area is 158 Å². The van der Waals surface area contributed by atoms with Gasteiger partial charge in [-0.1, -0.05) is 19.3 Å². The van der Waals surface area contributed by atoms with Gasteiger partial charge in [-0.2, -0.15) is 4.98 Å². The number of hydrogen-bond donors (Lipinski definition) is 0. The highest BCUT2D eigenvalue weighted by Crippen LogP contribution is 2.31. The van der Waals surface area contributed by atoms with Crippen LogP contribution in [0.25, 0.3) is 11.2 Å². The van der Waals surface area contributed by atoms with Gasteiger partial charge in [0.15, 0.2) is 11.2 Å². The third kappa shape index (κ3) is 3.09. The molecule has 1 fully saturated rings. The Kier molecular flexibility index (Phi) is 5.08. The van der Waals surface area contributed by atoms with Crippen LogP contribution in [0.2, 0.25) is 0 Å². The predicted molar refractivity (Wildman–Crippen MR) is 105 cm³/mol. The largest absolute Gasteiger partial charge is 0.380 e. The fourth-order valence-electron chi connectivity index (χ4n) is 4.53. The van der Waals surface area contributed by atoms with Gasteiger partial charge in [-0.25, -0.2) is 4.79 Å². The van der Waals surface area contributed by atoms with Gasteiger partial charge >= 0.3 is 5.69 Å². The van der Waals surface area contributed by atoms with Gasteiger partial charge in [0.25, 0.3) is 5.56 Å². The minimum Gasteiger partial charge on any atom is -0.380 e. The van der Waals surface area contributed by atoms with Gasteiger partial charge in [0, 0.05) is 32.8 Å². The van der Waals surface area contributed by atoms with E-state index in [1.165, 1.54) is 41.2 Å². The molecular formula is C19H29N5O3. The first kappa shape index (κ1) is 18.3. The van der Waals surface area contributed by atoms with Crippen molar-refractivity contribution in [3.8, 4) is 0 Å². The molecule has 0 spiro atoms. The van der Waals surface area contributed by atoms with Crippen molar-refractivity contribution in [3.63, 3.8) is 0 Å². The Balaban J connectivity index is 1.82. The summed E-state index contributed by atoms with van der Waals surface area (Å²) in [5.74, 6) is 0.859. The molecule has 0 N–H and O–H groups in total. The molecule has 0 bridgehead atoms. The number of hydrogen-bond acceptors (Lipinski definition) is 5. The molecule has 0 aromatic carbocycles. The monoisotopic (exact) mass is 375 g/mol. The average Bonchev–Trinajstić information content (AvgIpc) is 3.09.